The van der Waals surface area contributed by atoms with E-state index in [-0.39, 0.29) is 22.9 Å². The van der Waals surface area contributed by atoms with Crippen LogP contribution >= 0.6 is 0 Å². The van der Waals surface area contributed by atoms with Gasteiger partial charge in [0.25, 0.3) is 5.91 Å². The summed E-state index contributed by atoms with van der Waals surface area (Å²) in [6, 6.07) is 14.2. The lowest BCUT2D eigenvalue weighted by Crippen LogP contribution is -2.13. The molecule has 1 N–H and O–H groups in total. The normalized spacial score (nSPS) is 10.8. The summed E-state index contributed by atoms with van der Waals surface area (Å²) < 4.78 is 10.3. The lowest BCUT2D eigenvalue weighted by Gasteiger charge is -2.02. The highest BCUT2D eigenvalue weighted by molar-refractivity contribution is 6.05. The van der Waals surface area contributed by atoms with E-state index >= 15 is 0 Å². The molecule has 0 aliphatic rings. The van der Waals surface area contributed by atoms with E-state index in [9.17, 15) is 9.59 Å². The Morgan fingerprint density at radius 2 is 1.88 bits per heavy atom. The van der Waals surface area contributed by atoms with Crippen LogP contribution in [0.25, 0.3) is 21.9 Å². The number of hydrogen-bond acceptors (Lipinski definition) is 6. The third-order valence-electron chi connectivity index (χ3n) is 3.90. The smallest absolute Gasteiger partial charge is 0.341 e. The van der Waals surface area contributed by atoms with Crippen LogP contribution in [-0.2, 0) is 4.74 Å². The summed E-state index contributed by atoms with van der Waals surface area (Å²) in [7, 11) is 1.28. The van der Waals surface area contributed by atoms with Gasteiger partial charge in [-0.05, 0) is 23.6 Å². The van der Waals surface area contributed by atoms with Gasteiger partial charge in [0.05, 0.1) is 7.11 Å². The zero-order valence-electron chi connectivity index (χ0n) is 13.7. The predicted molar refractivity (Wildman–Crippen MR) is 95.0 cm³/mol. The van der Waals surface area contributed by atoms with Crippen LogP contribution in [0.5, 0.6) is 0 Å². The van der Waals surface area contributed by atoms with Gasteiger partial charge >= 0.3 is 12.0 Å². The highest BCUT2D eigenvalue weighted by atomic mass is 16.5. The minimum absolute atomic E-state index is 0.0173. The first-order chi connectivity index (χ1) is 12.7. The third-order valence-corrected chi connectivity index (χ3v) is 3.90. The number of nitrogens with zero attached hydrogens (tertiary/aromatic N) is 2. The van der Waals surface area contributed by atoms with Crippen molar-refractivity contribution in [2.45, 2.75) is 0 Å². The van der Waals surface area contributed by atoms with E-state index < -0.39 is 11.9 Å². The molecule has 26 heavy (non-hydrogen) atoms. The first-order valence-electron chi connectivity index (χ1n) is 7.80. The zero-order chi connectivity index (χ0) is 18.1. The average molecular weight is 347 g/mol. The molecule has 128 valence electrons. The van der Waals surface area contributed by atoms with Crippen molar-refractivity contribution in [3.8, 4) is 0 Å². The lowest BCUT2D eigenvalue weighted by molar-refractivity contribution is 0.0601. The topological polar surface area (TPSA) is 94.3 Å². The molecule has 0 bridgehead atoms. The molecule has 0 saturated heterocycles. The standard InChI is InChI=1S/C19H13N3O4/c1-25-18(24)13-7-4-8-14-16(13)26-19(21-14)22-17(23)15-9-11-5-2-3-6-12(11)10-20-15/h2-10H,1H3,(H,21,22,23). The van der Waals surface area contributed by atoms with Crippen molar-refractivity contribution in [1.82, 2.24) is 9.97 Å². The minimum atomic E-state index is -0.541. The summed E-state index contributed by atoms with van der Waals surface area (Å²) in [5.41, 5.74) is 1.16. The fraction of sp³-hybridized carbons (Fsp3) is 0.0526. The Morgan fingerprint density at radius 1 is 1.08 bits per heavy atom. The molecular weight excluding hydrogens is 334 g/mol. The van der Waals surface area contributed by atoms with Crippen molar-refractivity contribution in [2.75, 3.05) is 12.4 Å². The van der Waals surface area contributed by atoms with Crippen molar-refractivity contribution < 1.29 is 18.7 Å². The Labute approximate surface area is 147 Å². The fourth-order valence-electron chi connectivity index (χ4n) is 2.64. The van der Waals surface area contributed by atoms with Crippen LogP contribution < -0.4 is 5.32 Å². The zero-order valence-corrected chi connectivity index (χ0v) is 13.7. The average Bonchev–Trinajstić information content (AvgIpc) is 3.09. The Bertz CT molecular complexity index is 1150. The van der Waals surface area contributed by atoms with Gasteiger partial charge in [0, 0.05) is 11.6 Å². The fourth-order valence-corrected chi connectivity index (χ4v) is 2.64. The number of fused-ring (bicyclic) bond motifs is 2. The van der Waals surface area contributed by atoms with Crippen LogP contribution in [0.15, 0.2) is 59.1 Å². The van der Waals surface area contributed by atoms with Gasteiger partial charge in [-0.25, -0.2) is 4.79 Å². The number of anilines is 1. The Morgan fingerprint density at radius 3 is 2.69 bits per heavy atom. The van der Waals surface area contributed by atoms with Gasteiger partial charge < -0.3 is 9.15 Å². The maximum atomic E-state index is 12.4. The minimum Gasteiger partial charge on any atom is -0.465 e. The number of methoxy groups -OCH3 is 1. The second kappa shape index (κ2) is 6.29. The molecule has 2 aromatic carbocycles. The number of ether oxygens (including phenoxy) is 1. The number of para-hydroxylation sites is 1. The number of nitrogens with one attached hydrogen (secondary N) is 1. The lowest BCUT2D eigenvalue weighted by atomic mass is 10.1. The van der Waals surface area contributed by atoms with Crippen molar-refractivity contribution in [3.63, 3.8) is 0 Å². The first kappa shape index (κ1) is 15.8. The number of benzene rings is 2. The Balaban J connectivity index is 1.65. The molecule has 0 spiro atoms. The van der Waals surface area contributed by atoms with Crippen LogP contribution in [0.3, 0.4) is 0 Å². The number of carbonyl (C=O) groups is 2. The number of rotatable bonds is 3. The third kappa shape index (κ3) is 2.75. The molecule has 0 saturated carbocycles. The number of pyridine rings is 1. The summed E-state index contributed by atoms with van der Waals surface area (Å²) in [5, 5.41) is 4.40. The number of amides is 1. The van der Waals surface area contributed by atoms with Gasteiger partial charge in [-0.3, -0.25) is 15.1 Å². The number of oxazole rings is 1. The van der Waals surface area contributed by atoms with E-state index in [4.69, 9.17) is 9.15 Å². The second-order valence-electron chi connectivity index (χ2n) is 5.54. The van der Waals surface area contributed by atoms with E-state index in [0.717, 1.165) is 10.8 Å². The molecule has 0 radical (unpaired) electrons. The van der Waals surface area contributed by atoms with Crippen LogP contribution in [0.4, 0.5) is 6.01 Å². The van der Waals surface area contributed by atoms with Crippen molar-refractivity contribution in [3.05, 3.63) is 66.0 Å². The van der Waals surface area contributed by atoms with Gasteiger partial charge in [-0.15, -0.1) is 0 Å². The molecular formula is C19H13N3O4. The van der Waals surface area contributed by atoms with E-state index in [2.05, 4.69) is 15.3 Å². The van der Waals surface area contributed by atoms with Crippen molar-refractivity contribution in [1.29, 1.82) is 0 Å². The van der Waals surface area contributed by atoms with Gasteiger partial charge in [0.2, 0.25) is 0 Å². The molecule has 0 aliphatic heterocycles. The van der Waals surface area contributed by atoms with E-state index in [1.165, 1.54) is 7.11 Å². The molecule has 4 aromatic rings. The number of hydrogen-bond donors (Lipinski definition) is 1. The molecule has 1 amide bonds. The maximum Gasteiger partial charge on any atom is 0.341 e. The number of esters is 1. The molecule has 4 rings (SSSR count). The van der Waals surface area contributed by atoms with Crippen molar-refractivity contribution >= 4 is 39.8 Å². The molecule has 0 fully saturated rings. The molecule has 0 unspecified atom stereocenters. The molecule has 7 heteroatoms. The quantitative estimate of drug-likeness (QED) is 0.571. The van der Waals surface area contributed by atoms with Gasteiger partial charge in [0.1, 0.15) is 16.8 Å². The predicted octanol–water partition coefficient (Wildman–Crippen LogP) is 3.41. The highest BCUT2D eigenvalue weighted by Crippen LogP contribution is 2.23. The summed E-state index contributed by atoms with van der Waals surface area (Å²) >= 11 is 0. The molecule has 7 nitrogen and oxygen atoms in total. The van der Waals surface area contributed by atoms with Crippen LogP contribution in [0.2, 0.25) is 0 Å². The van der Waals surface area contributed by atoms with E-state index in [0.29, 0.717) is 5.52 Å². The monoisotopic (exact) mass is 347 g/mol. The molecule has 0 aliphatic carbocycles. The molecule has 0 atom stereocenters. The van der Waals surface area contributed by atoms with Crippen LogP contribution in [-0.4, -0.2) is 29.0 Å². The summed E-state index contributed by atoms with van der Waals surface area (Å²) in [5.74, 6) is -0.997. The first-order valence-corrected chi connectivity index (χ1v) is 7.80. The summed E-state index contributed by atoms with van der Waals surface area (Å²) in [4.78, 5) is 32.6. The van der Waals surface area contributed by atoms with Crippen LogP contribution in [0, 0.1) is 0 Å². The maximum absolute atomic E-state index is 12.4. The second-order valence-corrected chi connectivity index (χ2v) is 5.54. The number of carbonyl (C=O) groups excluding carboxylic acids is 2. The van der Waals surface area contributed by atoms with Crippen LogP contribution in [0.1, 0.15) is 20.8 Å². The molecule has 2 heterocycles. The molecule has 2 aromatic heterocycles. The highest BCUT2D eigenvalue weighted by Gasteiger charge is 2.18. The van der Waals surface area contributed by atoms with Gasteiger partial charge in [-0.2, -0.15) is 4.98 Å². The summed E-state index contributed by atoms with van der Waals surface area (Å²) in [6.45, 7) is 0. The van der Waals surface area contributed by atoms with Crippen molar-refractivity contribution in [2.24, 2.45) is 0 Å². The van der Waals surface area contributed by atoms with E-state index in [1.807, 2.05) is 24.3 Å². The Kier molecular flexibility index (Phi) is 3.81. The van der Waals surface area contributed by atoms with Gasteiger partial charge in [-0.1, -0.05) is 30.3 Å². The van der Waals surface area contributed by atoms with E-state index in [1.54, 1.807) is 30.5 Å². The summed E-state index contributed by atoms with van der Waals surface area (Å²) in [6.07, 6.45) is 1.63. The van der Waals surface area contributed by atoms with Gasteiger partial charge in [0.15, 0.2) is 5.58 Å². The SMILES string of the molecule is COC(=O)c1cccc2nc(NC(=O)c3cc4ccccc4cn3)oc12. The Hall–Kier alpha value is -3.74. The number of aromatic nitrogens is 2. The largest absolute Gasteiger partial charge is 0.465 e.